The maximum atomic E-state index is 12.7. The molecule has 4 nitrogen and oxygen atoms in total. The number of piperidine rings is 1. The summed E-state index contributed by atoms with van der Waals surface area (Å²) in [7, 11) is 2.15. The molecular formula is C18H26N2O2. The molecule has 1 aliphatic heterocycles. The highest BCUT2D eigenvalue weighted by molar-refractivity contribution is 5.79. The molecule has 4 heteroatoms. The summed E-state index contributed by atoms with van der Waals surface area (Å²) in [6, 6.07) is 10.4. The normalized spacial score (nSPS) is 25.7. The molecule has 2 unspecified atom stereocenters. The van der Waals surface area contributed by atoms with Crippen LogP contribution in [0.2, 0.25) is 0 Å². The van der Waals surface area contributed by atoms with Gasteiger partial charge in [-0.05, 0) is 57.5 Å². The molecule has 2 fully saturated rings. The van der Waals surface area contributed by atoms with Gasteiger partial charge in [-0.15, -0.1) is 0 Å². The van der Waals surface area contributed by atoms with Crippen LogP contribution >= 0.6 is 0 Å². The van der Waals surface area contributed by atoms with E-state index in [2.05, 4.69) is 23.8 Å². The summed E-state index contributed by atoms with van der Waals surface area (Å²) in [5.74, 6) is 1.55. The molecule has 1 amide bonds. The third kappa shape index (κ3) is 3.61. The Hall–Kier alpha value is -1.55. The zero-order valence-corrected chi connectivity index (χ0v) is 13.6. The van der Waals surface area contributed by atoms with Crippen LogP contribution in [0.1, 0.15) is 26.2 Å². The summed E-state index contributed by atoms with van der Waals surface area (Å²) in [6.45, 7) is 4.54. The van der Waals surface area contributed by atoms with Gasteiger partial charge in [0.25, 0.3) is 5.91 Å². The first-order chi connectivity index (χ1) is 10.6. The Labute approximate surface area is 133 Å². The van der Waals surface area contributed by atoms with Gasteiger partial charge < -0.3 is 14.5 Å². The Kier molecular flexibility index (Phi) is 4.67. The van der Waals surface area contributed by atoms with Crippen molar-refractivity contribution in [3.8, 4) is 5.75 Å². The van der Waals surface area contributed by atoms with E-state index in [-0.39, 0.29) is 12.5 Å². The number of carbonyl (C=O) groups excluding carboxylic acids is 1. The van der Waals surface area contributed by atoms with Crippen molar-refractivity contribution in [2.24, 2.45) is 5.92 Å². The number of para-hydroxylation sites is 1. The van der Waals surface area contributed by atoms with Crippen LogP contribution in [0.5, 0.6) is 5.75 Å². The molecule has 0 radical (unpaired) electrons. The van der Waals surface area contributed by atoms with Gasteiger partial charge in [-0.1, -0.05) is 25.1 Å². The Morgan fingerprint density at radius 2 is 1.91 bits per heavy atom. The van der Waals surface area contributed by atoms with Crippen LogP contribution in [0.15, 0.2) is 30.3 Å². The minimum Gasteiger partial charge on any atom is -0.484 e. The molecule has 1 aliphatic carbocycles. The quantitative estimate of drug-likeness (QED) is 0.837. The highest BCUT2D eigenvalue weighted by atomic mass is 16.5. The third-order valence-electron chi connectivity index (χ3n) is 4.90. The van der Waals surface area contributed by atoms with E-state index in [9.17, 15) is 4.79 Å². The van der Waals surface area contributed by atoms with Crippen LogP contribution in [0.3, 0.4) is 0 Å². The van der Waals surface area contributed by atoms with E-state index in [4.69, 9.17) is 4.74 Å². The average molecular weight is 302 g/mol. The number of rotatable bonds is 5. The zero-order chi connectivity index (χ0) is 15.5. The second kappa shape index (κ2) is 6.69. The molecule has 2 atom stereocenters. The number of carbonyl (C=O) groups is 1. The van der Waals surface area contributed by atoms with Crippen molar-refractivity contribution in [1.82, 2.24) is 9.80 Å². The van der Waals surface area contributed by atoms with Crippen LogP contribution in [-0.2, 0) is 4.79 Å². The Morgan fingerprint density at radius 1 is 1.27 bits per heavy atom. The standard InChI is InChI=1S/C18H26N2O2/c1-14-12-17(14)20(15-8-10-19(2)11-9-15)18(21)13-22-16-6-4-3-5-7-16/h3-7,14-15,17H,8-13H2,1-2H3. The average Bonchev–Trinajstić information content (AvgIpc) is 3.25. The second-order valence-corrected chi connectivity index (χ2v) is 6.72. The summed E-state index contributed by atoms with van der Waals surface area (Å²) >= 11 is 0. The molecular weight excluding hydrogens is 276 g/mol. The predicted octanol–water partition coefficient (Wildman–Crippen LogP) is 2.40. The van der Waals surface area contributed by atoms with E-state index in [1.165, 1.54) is 0 Å². The summed E-state index contributed by atoms with van der Waals surface area (Å²) < 4.78 is 5.67. The van der Waals surface area contributed by atoms with Gasteiger partial charge in [0.15, 0.2) is 6.61 Å². The van der Waals surface area contributed by atoms with Gasteiger partial charge in [0.1, 0.15) is 5.75 Å². The Balaban J connectivity index is 1.60. The monoisotopic (exact) mass is 302 g/mol. The molecule has 1 heterocycles. The van der Waals surface area contributed by atoms with Crippen LogP contribution < -0.4 is 4.74 Å². The van der Waals surface area contributed by atoms with Gasteiger partial charge >= 0.3 is 0 Å². The number of ether oxygens (including phenoxy) is 1. The van der Waals surface area contributed by atoms with Gasteiger partial charge in [-0.3, -0.25) is 4.79 Å². The minimum atomic E-state index is 0.146. The lowest BCUT2D eigenvalue weighted by molar-refractivity contribution is -0.137. The minimum absolute atomic E-state index is 0.146. The Morgan fingerprint density at radius 3 is 2.50 bits per heavy atom. The van der Waals surface area contributed by atoms with Crippen LogP contribution in [0.4, 0.5) is 0 Å². The van der Waals surface area contributed by atoms with Crippen LogP contribution in [0, 0.1) is 5.92 Å². The number of hydrogen-bond donors (Lipinski definition) is 0. The van der Waals surface area contributed by atoms with Crippen molar-refractivity contribution in [3.63, 3.8) is 0 Å². The first kappa shape index (κ1) is 15.3. The fraction of sp³-hybridized carbons (Fsp3) is 0.611. The summed E-state index contributed by atoms with van der Waals surface area (Å²) in [5.41, 5.74) is 0. The van der Waals surface area contributed by atoms with Crippen molar-refractivity contribution >= 4 is 5.91 Å². The fourth-order valence-electron chi connectivity index (χ4n) is 3.36. The van der Waals surface area contributed by atoms with Gasteiger partial charge in [-0.2, -0.15) is 0 Å². The molecule has 22 heavy (non-hydrogen) atoms. The largest absolute Gasteiger partial charge is 0.484 e. The van der Waals surface area contributed by atoms with Crippen molar-refractivity contribution in [3.05, 3.63) is 30.3 Å². The van der Waals surface area contributed by atoms with Crippen molar-refractivity contribution in [1.29, 1.82) is 0 Å². The Bertz CT molecular complexity index is 497. The lowest BCUT2D eigenvalue weighted by atomic mass is 10.0. The summed E-state index contributed by atoms with van der Waals surface area (Å²) in [4.78, 5) is 17.2. The zero-order valence-electron chi connectivity index (χ0n) is 13.6. The smallest absolute Gasteiger partial charge is 0.261 e. The maximum absolute atomic E-state index is 12.7. The number of benzene rings is 1. The van der Waals surface area contributed by atoms with Crippen molar-refractivity contribution in [2.45, 2.75) is 38.3 Å². The van der Waals surface area contributed by atoms with E-state index in [1.807, 2.05) is 30.3 Å². The van der Waals surface area contributed by atoms with Gasteiger partial charge in [0.05, 0.1) is 0 Å². The van der Waals surface area contributed by atoms with Crippen molar-refractivity contribution in [2.75, 3.05) is 26.7 Å². The van der Waals surface area contributed by atoms with E-state index in [0.29, 0.717) is 18.0 Å². The van der Waals surface area contributed by atoms with Crippen LogP contribution in [-0.4, -0.2) is 54.5 Å². The second-order valence-electron chi connectivity index (χ2n) is 6.72. The van der Waals surface area contributed by atoms with E-state index >= 15 is 0 Å². The molecule has 2 aliphatic rings. The first-order valence-electron chi connectivity index (χ1n) is 8.32. The predicted molar refractivity (Wildman–Crippen MR) is 86.9 cm³/mol. The molecule has 0 N–H and O–H groups in total. The number of hydrogen-bond acceptors (Lipinski definition) is 3. The molecule has 1 saturated heterocycles. The van der Waals surface area contributed by atoms with Gasteiger partial charge in [-0.25, -0.2) is 0 Å². The number of likely N-dealkylation sites (tertiary alicyclic amines) is 1. The molecule has 1 saturated carbocycles. The van der Waals surface area contributed by atoms with E-state index < -0.39 is 0 Å². The van der Waals surface area contributed by atoms with E-state index in [1.54, 1.807) is 0 Å². The molecule has 120 valence electrons. The molecule has 0 spiro atoms. The topological polar surface area (TPSA) is 32.8 Å². The number of amides is 1. The number of nitrogens with zero attached hydrogens (tertiary/aromatic N) is 2. The maximum Gasteiger partial charge on any atom is 0.261 e. The molecule has 1 aromatic carbocycles. The fourth-order valence-corrected chi connectivity index (χ4v) is 3.36. The van der Waals surface area contributed by atoms with Crippen molar-refractivity contribution < 1.29 is 9.53 Å². The lowest BCUT2D eigenvalue weighted by Crippen LogP contribution is -2.49. The third-order valence-corrected chi connectivity index (χ3v) is 4.90. The lowest BCUT2D eigenvalue weighted by Gasteiger charge is -2.37. The van der Waals surface area contributed by atoms with Gasteiger partial charge in [0.2, 0.25) is 0 Å². The molecule has 1 aromatic rings. The molecule has 3 rings (SSSR count). The highest BCUT2D eigenvalue weighted by Crippen LogP contribution is 2.38. The van der Waals surface area contributed by atoms with E-state index in [0.717, 1.165) is 38.1 Å². The summed E-state index contributed by atoms with van der Waals surface area (Å²) in [6.07, 6.45) is 3.30. The molecule has 0 bridgehead atoms. The molecule has 0 aromatic heterocycles. The summed E-state index contributed by atoms with van der Waals surface area (Å²) in [5, 5.41) is 0. The SMILES string of the molecule is CC1CC1N(C(=O)COc1ccccc1)C1CCN(C)CC1. The highest BCUT2D eigenvalue weighted by Gasteiger charge is 2.44. The van der Waals surface area contributed by atoms with Gasteiger partial charge in [0, 0.05) is 12.1 Å². The first-order valence-corrected chi connectivity index (χ1v) is 8.32. The van der Waals surface area contributed by atoms with Crippen LogP contribution in [0.25, 0.3) is 0 Å².